The van der Waals surface area contributed by atoms with Crippen LogP contribution in [0.1, 0.15) is 5.56 Å². The van der Waals surface area contributed by atoms with Crippen molar-refractivity contribution < 1.29 is 9.53 Å². The molecule has 1 N–H and O–H groups in total. The second-order valence-electron chi connectivity index (χ2n) is 5.03. The number of carbonyl (C=O) groups excluding carboxylic acids is 1. The summed E-state index contributed by atoms with van der Waals surface area (Å²) in [7, 11) is 0. The van der Waals surface area contributed by atoms with E-state index < -0.39 is 5.91 Å². The Labute approximate surface area is 169 Å². The Morgan fingerprint density at radius 3 is 2.69 bits per heavy atom. The number of nitrogens with one attached hydrogen (secondary N) is 1. The molecule has 7 heteroatoms. The van der Waals surface area contributed by atoms with E-state index >= 15 is 0 Å². The predicted molar refractivity (Wildman–Crippen MR) is 109 cm³/mol. The molecule has 0 bridgehead atoms. The predicted octanol–water partition coefficient (Wildman–Crippen LogP) is 5.87. The van der Waals surface area contributed by atoms with Gasteiger partial charge in [0.05, 0.1) is 10.0 Å². The van der Waals surface area contributed by atoms with Crippen LogP contribution in [0.3, 0.4) is 0 Å². The zero-order valence-electron chi connectivity index (χ0n) is 13.4. The van der Waals surface area contributed by atoms with Gasteiger partial charge in [0.1, 0.15) is 24.0 Å². The molecule has 0 unspecified atom stereocenters. The number of hydrogen-bond donors (Lipinski definition) is 1. The number of nitriles is 1. The summed E-state index contributed by atoms with van der Waals surface area (Å²) in [5, 5.41) is 12.7. The van der Waals surface area contributed by atoms with E-state index in [9.17, 15) is 10.1 Å². The minimum Gasteiger partial charge on any atom is -0.489 e. The largest absolute Gasteiger partial charge is 0.489 e. The first-order valence-electron chi connectivity index (χ1n) is 7.36. The third-order valence-electron chi connectivity index (χ3n) is 3.17. The lowest BCUT2D eigenvalue weighted by Crippen LogP contribution is -2.13. The maximum absolute atomic E-state index is 12.4. The zero-order valence-corrected chi connectivity index (χ0v) is 16.5. The summed E-state index contributed by atoms with van der Waals surface area (Å²) in [5.41, 5.74) is 0.933. The molecule has 2 aromatic carbocycles. The summed E-state index contributed by atoms with van der Waals surface area (Å²) in [6, 6.07) is 11.9. The van der Waals surface area contributed by atoms with Gasteiger partial charge in [-0.05, 0) is 42.5 Å². The van der Waals surface area contributed by atoms with Crippen molar-refractivity contribution >= 4 is 56.8 Å². The first kappa shape index (κ1) is 20.1. The molecule has 0 heterocycles. The average molecular weight is 452 g/mol. The molecule has 0 radical (unpaired) electrons. The van der Waals surface area contributed by atoms with Crippen molar-refractivity contribution in [3.8, 4) is 11.8 Å². The summed E-state index contributed by atoms with van der Waals surface area (Å²) in [6.45, 7) is 3.91. The quantitative estimate of drug-likeness (QED) is 0.339. The normalized spacial score (nSPS) is 10.8. The minimum atomic E-state index is -0.569. The van der Waals surface area contributed by atoms with Gasteiger partial charge in [-0.2, -0.15) is 5.26 Å². The van der Waals surface area contributed by atoms with Gasteiger partial charge in [-0.15, -0.1) is 0 Å². The van der Waals surface area contributed by atoms with Crippen LogP contribution in [0.2, 0.25) is 10.0 Å². The highest BCUT2D eigenvalue weighted by atomic mass is 79.9. The number of benzene rings is 2. The molecular weight excluding hydrogens is 439 g/mol. The van der Waals surface area contributed by atoms with E-state index in [0.29, 0.717) is 33.7 Å². The van der Waals surface area contributed by atoms with Gasteiger partial charge in [0, 0.05) is 15.7 Å². The van der Waals surface area contributed by atoms with Crippen LogP contribution in [0.25, 0.3) is 6.08 Å². The summed E-state index contributed by atoms with van der Waals surface area (Å²) < 4.78 is 6.35. The lowest BCUT2D eigenvalue weighted by Gasteiger charge is -2.09. The number of carbonyl (C=O) groups is 1. The Bertz CT molecular complexity index is 920. The molecule has 0 saturated heterocycles. The standard InChI is InChI=1S/C19H13BrCl2N2O2/c1-2-7-26-18-6-3-14(20)9-12(18)8-13(11-23)19(25)24-15-4-5-16(21)17(22)10-15/h2-6,8-10H,1,7H2,(H,24,25)/b13-8+. The molecule has 0 aliphatic carbocycles. The van der Waals surface area contributed by atoms with E-state index in [1.54, 1.807) is 36.4 Å². The number of ether oxygens (including phenoxy) is 1. The molecule has 0 saturated carbocycles. The SMILES string of the molecule is C=CCOc1ccc(Br)cc1/C=C(\C#N)C(=O)Nc1ccc(Cl)c(Cl)c1. The minimum absolute atomic E-state index is 0.0855. The molecule has 0 atom stereocenters. The van der Waals surface area contributed by atoms with Crippen molar-refractivity contribution in [2.24, 2.45) is 0 Å². The second kappa shape index (κ2) is 9.44. The maximum Gasteiger partial charge on any atom is 0.266 e. The van der Waals surface area contributed by atoms with Gasteiger partial charge in [0.15, 0.2) is 0 Å². The highest BCUT2D eigenvalue weighted by molar-refractivity contribution is 9.10. The maximum atomic E-state index is 12.4. The first-order chi connectivity index (χ1) is 12.4. The van der Waals surface area contributed by atoms with Crippen molar-refractivity contribution in [2.45, 2.75) is 0 Å². The topological polar surface area (TPSA) is 62.1 Å². The van der Waals surface area contributed by atoms with Crippen LogP contribution in [0.5, 0.6) is 5.75 Å². The molecule has 0 spiro atoms. The third kappa shape index (κ3) is 5.37. The van der Waals surface area contributed by atoms with E-state index in [-0.39, 0.29) is 5.57 Å². The lowest BCUT2D eigenvalue weighted by molar-refractivity contribution is -0.112. The molecule has 0 aromatic heterocycles. The van der Waals surface area contributed by atoms with Gasteiger partial charge in [-0.1, -0.05) is 51.8 Å². The molecule has 0 fully saturated rings. The van der Waals surface area contributed by atoms with Crippen molar-refractivity contribution in [3.63, 3.8) is 0 Å². The first-order valence-corrected chi connectivity index (χ1v) is 8.91. The molecule has 0 aliphatic rings. The van der Waals surface area contributed by atoms with Crippen molar-refractivity contribution in [1.82, 2.24) is 0 Å². The van der Waals surface area contributed by atoms with E-state index in [2.05, 4.69) is 27.8 Å². The Morgan fingerprint density at radius 2 is 2.04 bits per heavy atom. The summed E-state index contributed by atoms with van der Waals surface area (Å²) in [6.07, 6.45) is 3.06. The van der Waals surface area contributed by atoms with E-state index in [1.165, 1.54) is 12.1 Å². The number of anilines is 1. The summed E-state index contributed by atoms with van der Waals surface area (Å²) in [5.74, 6) is -0.0382. The van der Waals surface area contributed by atoms with Gasteiger partial charge in [-0.25, -0.2) is 0 Å². The molecule has 26 heavy (non-hydrogen) atoms. The van der Waals surface area contributed by atoms with E-state index in [1.807, 2.05) is 6.07 Å². The highest BCUT2D eigenvalue weighted by Gasteiger charge is 2.12. The fourth-order valence-corrected chi connectivity index (χ4v) is 2.67. The van der Waals surface area contributed by atoms with E-state index in [4.69, 9.17) is 27.9 Å². The Morgan fingerprint density at radius 1 is 1.27 bits per heavy atom. The van der Waals surface area contributed by atoms with Crippen LogP contribution in [-0.2, 0) is 4.79 Å². The molecule has 2 aromatic rings. The van der Waals surface area contributed by atoms with Crippen LogP contribution in [0.4, 0.5) is 5.69 Å². The van der Waals surface area contributed by atoms with Gasteiger partial charge in [0.2, 0.25) is 0 Å². The number of nitrogens with zero attached hydrogens (tertiary/aromatic N) is 1. The van der Waals surface area contributed by atoms with Crippen molar-refractivity contribution in [1.29, 1.82) is 5.26 Å². The lowest BCUT2D eigenvalue weighted by atomic mass is 10.1. The van der Waals surface area contributed by atoms with Gasteiger partial charge < -0.3 is 10.1 Å². The van der Waals surface area contributed by atoms with Crippen LogP contribution >= 0.6 is 39.1 Å². The Hall–Kier alpha value is -2.26. The smallest absolute Gasteiger partial charge is 0.266 e. The monoisotopic (exact) mass is 450 g/mol. The summed E-state index contributed by atoms with van der Waals surface area (Å²) in [4.78, 5) is 12.4. The molecule has 2 rings (SSSR count). The highest BCUT2D eigenvalue weighted by Crippen LogP contribution is 2.27. The number of rotatable bonds is 6. The van der Waals surface area contributed by atoms with Gasteiger partial charge in [0.25, 0.3) is 5.91 Å². The van der Waals surface area contributed by atoms with Crippen molar-refractivity contribution in [3.05, 3.63) is 74.7 Å². The van der Waals surface area contributed by atoms with Gasteiger partial charge in [-0.3, -0.25) is 4.79 Å². The zero-order chi connectivity index (χ0) is 19.1. The second-order valence-corrected chi connectivity index (χ2v) is 6.76. The van der Waals surface area contributed by atoms with Crippen LogP contribution < -0.4 is 10.1 Å². The molecule has 4 nitrogen and oxygen atoms in total. The number of hydrogen-bond acceptors (Lipinski definition) is 3. The fraction of sp³-hybridized carbons (Fsp3) is 0.0526. The van der Waals surface area contributed by atoms with Crippen LogP contribution in [0.15, 0.2) is 59.1 Å². The third-order valence-corrected chi connectivity index (χ3v) is 4.40. The molecule has 0 aliphatic heterocycles. The van der Waals surface area contributed by atoms with Gasteiger partial charge >= 0.3 is 0 Å². The number of amides is 1. The van der Waals surface area contributed by atoms with Crippen LogP contribution in [-0.4, -0.2) is 12.5 Å². The molecule has 1 amide bonds. The van der Waals surface area contributed by atoms with Crippen LogP contribution in [0, 0.1) is 11.3 Å². The molecule has 132 valence electrons. The Balaban J connectivity index is 2.30. The average Bonchev–Trinajstić information content (AvgIpc) is 2.62. The Kier molecular flexibility index (Phi) is 7.28. The summed E-state index contributed by atoms with van der Waals surface area (Å²) >= 11 is 15.2. The van der Waals surface area contributed by atoms with E-state index in [0.717, 1.165) is 4.47 Å². The number of halogens is 3. The fourth-order valence-electron chi connectivity index (χ4n) is 1.99. The van der Waals surface area contributed by atoms with Crippen molar-refractivity contribution in [2.75, 3.05) is 11.9 Å². The molecular formula is C19H13BrCl2N2O2.